The van der Waals surface area contributed by atoms with Crippen molar-refractivity contribution in [2.45, 2.75) is 17.7 Å². The number of carbonyl (C=O) groups is 3. The van der Waals surface area contributed by atoms with Gasteiger partial charge in [0, 0.05) is 50.4 Å². The lowest BCUT2D eigenvalue weighted by Gasteiger charge is -2.34. The molecule has 0 aromatic heterocycles. The number of benzene rings is 2. The maximum Gasteiger partial charge on any atom is 0.251 e. The molecule has 0 aliphatic carbocycles. The first-order valence-electron chi connectivity index (χ1n) is 11.3. The van der Waals surface area contributed by atoms with Gasteiger partial charge in [0.2, 0.25) is 21.8 Å². The van der Waals surface area contributed by atoms with Gasteiger partial charge in [-0.1, -0.05) is 12.1 Å². The zero-order valence-corrected chi connectivity index (χ0v) is 19.8. The first-order chi connectivity index (χ1) is 16.8. The standard InChI is InChI=1S/C24H25N5O5S/c25-16-19-4-1-2-5-21(19)35(33,34)28-14-12-27(13-15-28)23(31)17-26-24(32)18-7-9-20(10-8-18)29-11-3-6-22(29)30/h1-2,4-5,7-10H,3,6,11-15,17H2,(H,26,32). The summed E-state index contributed by atoms with van der Waals surface area (Å²) in [6.45, 7) is 1.01. The molecular formula is C24H25N5O5S. The molecule has 2 heterocycles. The van der Waals surface area contributed by atoms with Crippen molar-refractivity contribution in [3.8, 4) is 6.07 Å². The Morgan fingerprint density at radius 1 is 0.971 bits per heavy atom. The molecule has 2 aliphatic heterocycles. The second kappa shape index (κ2) is 10.2. The number of anilines is 1. The van der Waals surface area contributed by atoms with E-state index >= 15 is 0 Å². The molecule has 1 N–H and O–H groups in total. The number of piperazine rings is 1. The van der Waals surface area contributed by atoms with Crippen LogP contribution in [0.5, 0.6) is 0 Å². The molecule has 2 saturated heterocycles. The minimum Gasteiger partial charge on any atom is -0.343 e. The van der Waals surface area contributed by atoms with Crippen LogP contribution in [-0.4, -0.2) is 74.6 Å². The summed E-state index contributed by atoms with van der Waals surface area (Å²) in [5.74, 6) is -0.658. The van der Waals surface area contributed by atoms with Crippen molar-refractivity contribution in [3.05, 3.63) is 59.7 Å². The van der Waals surface area contributed by atoms with Crippen molar-refractivity contribution >= 4 is 33.4 Å². The number of amides is 3. The monoisotopic (exact) mass is 495 g/mol. The number of nitriles is 1. The predicted molar refractivity (Wildman–Crippen MR) is 127 cm³/mol. The van der Waals surface area contributed by atoms with Crippen molar-refractivity contribution in [1.82, 2.24) is 14.5 Å². The Bertz CT molecular complexity index is 1280. The van der Waals surface area contributed by atoms with E-state index in [0.717, 1.165) is 12.1 Å². The van der Waals surface area contributed by atoms with E-state index in [1.807, 2.05) is 6.07 Å². The zero-order valence-electron chi connectivity index (χ0n) is 19.0. The SMILES string of the molecule is N#Cc1ccccc1S(=O)(=O)N1CCN(C(=O)CNC(=O)c2ccc(N3CCCC3=O)cc2)CC1. The van der Waals surface area contributed by atoms with Gasteiger partial charge in [0.1, 0.15) is 6.07 Å². The third-order valence-corrected chi connectivity index (χ3v) is 8.09. The third kappa shape index (κ3) is 5.18. The third-order valence-electron chi connectivity index (χ3n) is 6.13. The number of rotatable bonds is 6. The van der Waals surface area contributed by atoms with Crippen LogP contribution in [0.3, 0.4) is 0 Å². The van der Waals surface area contributed by atoms with E-state index in [9.17, 15) is 28.1 Å². The Labute approximate surface area is 203 Å². The van der Waals surface area contributed by atoms with Gasteiger partial charge in [0.05, 0.1) is 17.0 Å². The van der Waals surface area contributed by atoms with E-state index in [2.05, 4.69) is 5.32 Å². The number of sulfonamides is 1. The van der Waals surface area contributed by atoms with Gasteiger partial charge < -0.3 is 15.1 Å². The molecule has 0 atom stereocenters. The molecule has 0 unspecified atom stereocenters. The summed E-state index contributed by atoms with van der Waals surface area (Å²) >= 11 is 0. The van der Waals surface area contributed by atoms with Crippen LogP contribution in [0.15, 0.2) is 53.4 Å². The Hall–Kier alpha value is -3.75. The Morgan fingerprint density at radius 3 is 2.29 bits per heavy atom. The van der Waals surface area contributed by atoms with Crippen LogP contribution in [0.25, 0.3) is 0 Å². The molecule has 0 radical (unpaired) electrons. The van der Waals surface area contributed by atoms with Gasteiger partial charge in [-0.2, -0.15) is 9.57 Å². The highest BCUT2D eigenvalue weighted by Gasteiger charge is 2.31. The maximum atomic E-state index is 12.9. The van der Waals surface area contributed by atoms with Crippen LogP contribution < -0.4 is 10.2 Å². The highest BCUT2D eigenvalue weighted by atomic mass is 32.2. The van der Waals surface area contributed by atoms with Crippen LogP contribution >= 0.6 is 0 Å². The molecule has 2 aromatic carbocycles. The molecular weight excluding hydrogens is 470 g/mol. The quantitative estimate of drug-likeness (QED) is 0.635. The van der Waals surface area contributed by atoms with Crippen LogP contribution in [0, 0.1) is 11.3 Å². The van der Waals surface area contributed by atoms with E-state index in [0.29, 0.717) is 18.5 Å². The summed E-state index contributed by atoms with van der Waals surface area (Å²) in [5.41, 5.74) is 1.19. The minimum atomic E-state index is -3.85. The molecule has 10 nitrogen and oxygen atoms in total. The lowest BCUT2D eigenvalue weighted by molar-refractivity contribution is -0.131. The van der Waals surface area contributed by atoms with Crippen LogP contribution in [0.4, 0.5) is 5.69 Å². The van der Waals surface area contributed by atoms with Gasteiger partial charge in [-0.05, 0) is 42.8 Å². The van der Waals surface area contributed by atoms with E-state index in [4.69, 9.17) is 0 Å². The van der Waals surface area contributed by atoms with Crippen LogP contribution in [-0.2, 0) is 19.6 Å². The topological polar surface area (TPSA) is 131 Å². The molecule has 4 rings (SSSR count). The number of nitrogens with one attached hydrogen (secondary N) is 1. The molecule has 11 heteroatoms. The van der Waals surface area contributed by atoms with Crippen LogP contribution in [0.1, 0.15) is 28.8 Å². The summed E-state index contributed by atoms with van der Waals surface area (Å²) in [7, 11) is -3.85. The van der Waals surface area contributed by atoms with Gasteiger partial charge in [-0.25, -0.2) is 8.42 Å². The van der Waals surface area contributed by atoms with Crippen molar-refractivity contribution in [3.63, 3.8) is 0 Å². The second-order valence-electron chi connectivity index (χ2n) is 8.27. The van der Waals surface area contributed by atoms with E-state index < -0.39 is 15.9 Å². The zero-order chi connectivity index (χ0) is 25.0. The van der Waals surface area contributed by atoms with Gasteiger partial charge in [0.25, 0.3) is 5.91 Å². The number of nitrogens with zero attached hydrogens (tertiary/aromatic N) is 4. The molecule has 2 aromatic rings. The summed E-state index contributed by atoms with van der Waals surface area (Å²) in [6.07, 6.45) is 1.34. The molecule has 2 fully saturated rings. The average molecular weight is 496 g/mol. The fourth-order valence-corrected chi connectivity index (χ4v) is 5.75. The Balaban J connectivity index is 1.29. The average Bonchev–Trinajstić information content (AvgIpc) is 3.32. The number of hydrogen-bond acceptors (Lipinski definition) is 6. The lowest BCUT2D eigenvalue weighted by atomic mass is 10.2. The van der Waals surface area contributed by atoms with Crippen LogP contribution in [0.2, 0.25) is 0 Å². The first kappa shape index (κ1) is 24.4. The highest BCUT2D eigenvalue weighted by Crippen LogP contribution is 2.22. The number of carbonyl (C=O) groups excluding carboxylic acids is 3. The van der Waals surface area contributed by atoms with Crippen molar-refractivity contribution in [1.29, 1.82) is 5.26 Å². The Morgan fingerprint density at radius 2 is 1.66 bits per heavy atom. The minimum absolute atomic E-state index is 0.0466. The molecule has 0 saturated carbocycles. The molecule has 2 aliphatic rings. The smallest absolute Gasteiger partial charge is 0.251 e. The summed E-state index contributed by atoms with van der Waals surface area (Å²) in [5, 5.41) is 11.8. The molecule has 182 valence electrons. The van der Waals surface area contributed by atoms with E-state index in [1.54, 1.807) is 41.3 Å². The fourth-order valence-electron chi connectivity index (χ4n) is 4.18. The van der Waals surface area contributed by atoms with Crippen molar-refractivity contribution < 1.29 is 22.8 Å². The largest absolute Gasteiger partial charge is 0.343 e. The molecule has 35 heavy (non-hydrogen) atoms. The number of hydrogen-bond donors (Lipinski definition) is 1. The highest BCUT2D eigenvalue weighted by molar-refractivity contribution is 7.89. The van der Waals surface area contributed by atoms with Crippen molar-refractivity contribution in [2.75, 3.05) is 44.2 Å². The fraction of sp³-hybridized carbons (Fsp3) is 0.333. The normalized spacial score (nSPS) is 16.7. The van der Waals surface area contributed by atoms with E-state index in [1.165, 1.54) is 21.3 Å². The van der Waals surface area contributed by atoms with Crippen molar-refractivity contribution in [2.24, 2.45) is 0 Å². The molecule has 0 spiro atoms. The molecule has 0 bridgehead atoms. The summed E-state index contributed by atoms with van der Waals surface area (Å²) in [6, 6.07) is 14.6. The predicted octanol–water partition coefficient (Wildman–Crippen LogP) is 0.948. The second-order valence-corrected chi connectivity index (χ2v) is 10.2. The lowest BCUT2D eigenvalue weighted by Crippen LogP contribution is -2.52. The van der Waals surface area contributed by atoms with Gasteiger partial charge in [-0.15, -0.1) is 0 Å². The summed E-state index contributed by atoms with van der Waals surface area (Å²) in [4.78, 5) is 40.0. The van der Waals surface area contributed by atoms with E-state index in [-0.39, 0.29) is 55.0 Å². The van der Waals surface area contributed by atoms with Gasteiger partial charge in [0.15, 0.2) is 0 Å². The van der Waals surface area contributed by atoms with Gasteiger partial charge in [-0.3, -0.25) is 14.4 Å². The molecule has 3 amide bonds. The first-order valence-corrected chi connectivity index (χ1v) is 12.7. The van der Waals surface area contributed by atoms with Gasteiger partial charge >= 0.3 is 0 Å². The Kier molecular flexibility index (Phi) is 7.14. The summed E-state index contributed by atoms with van der Waals surface area (Å²) < 4.78 is 27.1. The maximum absolute atomic E-state index is 12.9.